The lowest BCUT2D eigenvalue weighted by Crippen LogP contribution is -2.45. The van der Waals surface area contributed by atoms with Crippen LogP contribution in [0.15, 0.2) is 24.5 Å². The first kappa shape index (κ1) is 14.0. The summed E-state index contributed by atoms with van der Waals surface area (Å²) >= 11 is 0. The Hall–Kier alpha value is -1.42. The van der Waals surface area contributed by atoms with Crippen molar-refractivity contribution in [2.75, 3.05) is 6.54 Å². The van der Waals surface area contributed by atoms with Crippen LogP contribution in [0, 0.1) is 5.92 Å². The molecule has 19 heavy (non-hydrogen) atoms. The van der Waals surface area contributed by atoms with Crippen molar-refractivity contribution in [1.29, 1.82) is 0 Å². The molecule has 104 valence electrons. The number of nitrogens with one attached hydrogen (secondary N) is 1. The smallest absolute Gasteiger partial charge is 0.251 e. The van der Waals surface area contributed by atoms with Gasteiger partial charge >= 0.3 is 0 Å². The molecule has 1 aliphatic rings. The van der Waals surface area contributed by atoms with Crippen molar-refractivity contribution >= 4 is 5.91 Å². The second kappa shape index (κ2) is 6.15. The third kappa shape index (κ3) is 3.77. The second-order valence-corrected chi connectivity index (χ2v) is 5.49. The summed E-state index contributed by atoms with van der Waals surface area (Å²) in [5, 5.41) is 13.3. The van der Waals surface area contributed by atoms with E-state index in [0.717, 1.165) is 31.6 Å². The Kier molecular flexibility index (Phi) is 4.53. The molecule has 0 aromatic carbocycles. The zero-order valence-electron chi connectivity index (χ0n) is 11.4. The van der Waals surface area contributed by atoms with Crippen molar-refractivity contribution in [3.05, 3.63) is 30.1 Å². The van der Waals surface area contributed by atoms with Crippen molar-refractivity contribution in [3.63, 3.8) is 0 Å². The van der Waals surface area contributed by atoms with Gasteiger partial charge < -0.3 is 10.4 Å². The third-order valence-electron chi connectivity index (χ3n) is 4.13. The summed E-state index contributed by atoms with van der Waals surface area (Å²) in [6.45, 7) is 2.53. The number of amides is 1. The van der Waals surface area contributed by atoms with E-state index in [1.165, 1.54) is 6.42 Å². The molecule has 0 radical (unpaired) electrons. The molecule has 0 aliphatic heterocycles. The lowest BCUT2D eigenvalue weighted by molar-refractivity contribution is -0.00786. The average molecular weight is 262 g/mol. The van der Waals surface area contributed by atoms with Crippen LogP contribution < -0.4 is 5.32 Å². The lowest BCUT2D eigenvalue weighted by atomic mass is 9.78. The third-order valence-corrected chi connectivity index (χ3v) is 4.13. The van der Waals surface area contributed by atoms with Gasteiger partial charge in [-0.25, -0.2) is 0 Å². The highest BCUT2D eigenvalue weighted by Crippen LogP contribution is 2.33. The summed E-state index contributed by atoms with van der Waals surface area (Å²) in [5.41, 5.74) is -0.144. The maximum absolute atomic E-state index is 11.9. The highest BCUT2D eigenvalue weighted by atomic mass is 16.3. The van der Waals surface area contributed by atoms with E-state index in [2.05, 4.69) is 17.2 Å². The van der Waals surface area contributed by atoms with Gasteiger partial charge in [0.1, 0.15) is 0 Å². The molecule has 1 aromatic rings. The molecule has 2 rings (SSSR count). The quantitative estimate of drug-likeness (QED) is 0.874. The predicted octanol–water partition coefficient (Wildman–Crippen LogP) is 2.14. The minimum absolute atomic E-state index is 0.145. The van der Waals surface area contributed by atoms with Crippen LogP contribution in [-0.2, 0) is 0 Å². The van der Waals surface area contributed by atoms with Crippen LogP contribution in [0.25, 0.3) is 0 Å². The molecule has 4 heteroatoms. The molecule has 0 atom stereocenters. The number of nitrogens with zero attached hydrogens (tertiary/aromatic N) is 1. The van der Waals surface area contributed by atoms with Crippen LogP contribution in [-0.4, -0.2) is 28.1 Å². The number of hydrogen-bond donors (Lipinski definition) is 2. The fourth-order valence-corrected chi connectivity index (χ4v) is 2.65. The summed E-state index contributed by atoms with van der Waals surface area (Å²) in [6, 6.07) is 3.35. The first-order chi connectivity index (χ1) is 9.13. The largest absolute Gasteiger partial charge is 0.388 e. The van der Waals surface area contributed by atoms with E-state index in [1.54, 1.807) is 24.5 Å². The van der Waals surface area contributed by atoms with Gasteiger partial charge in [0.25, 0.3) is 5.91 Å². The number of aromatic nitrogens is 1. The fraction of sp³-hybridized carbons (Fsp3) is 0.600. The monoisotopic (exact) mass is 262 g/mol. The first-order valence-electron chi connectivity index (χ1n) is 7.03. The Balaban J connectivity index is 1.84. The van der Waals surface area contributed by atoms with Gasteiger partial charge in [0, 0.05) is 24.5 Å². The Bertz CT molecular complexity index is 411. The van der Waals surface area contributed by atoms with E-state index < -0.39 is 5.60 Å². The summed E-state index contributed by atoms with van der Waals surface area (Å²) in [5.74, 6) is 0.588. The number of carbonyl (C=O) groups is 1. The molecule has 1 fully saturated rings. The molecule has 1 aliphatic carbocycles. The molecule has 0 unspecified atom stereocenters. The van der Waals surface area contributed by atoms with E-state index in [4.69, 9.17) is 0 Å². The standard InChI is InChI=1S/C15H22N2O2/c1-2-12-3-7-15(19,8-4-12)11-17-14(18)13-5-9-16-10-6-13/h5-6,9-10,12,19H,2-4,7-8,11H2,1H3,(H,17,18). The number of hydrogen-bond acceptors (Lipinski definition) is 3. The molecule has 1 aromatic heterocycles. The van der Waals surface area contributed by atoms with Crippen molar-refractivity contribution in [3.8, 4) is 0 Å². The van der Waals surface area contributed by atoms with Gasteiger partial charge in [-0.1, -0.05) is 13.3 Å². The molecule has 4 nitrogen and oxygen atoms in total. The van der Waals surface area contributed by atoms with Crippen LogP contribution in [0.1, 0.15) is 49.4 Å². The Morgan fingerprint density at radius 3 is 2.63 bits per heavy atom. The van der Waals surface area contributed by atoms with E-state index >= 15 is 0 Å². The molecule has 0 spiro atoms. The highest BCUT2D eigenvalue weighted by Gasteiger charge is 2.32. The molecule has 0 saturated heterocycles. The zero-order chi connectivity index (χ0) is 13.7. The lowest BCUT2D eigenvalue weighted by Gasteiger charge is -2.35. The van der Waals surface area contributed by atoms with E-state index in [1.807, 2.05) is 0 Å². The second-order valence-electron chi connectivity index (χ2n) is 5.49. The first-order valence-corrected chi connectivity index (χ1v) is 7.03. The van der Waals surface area contributed by atoms with Gasteiger partial charge in [-0.3, -0.25) is 9.78 Å². The molecule has 1 heterocycles. The fourth-order valence-electron chi connectivity index (χ4n) is 2.65. The highest BCUT2D eigenvalue weighted by molar-refractivity contribution is 5.93. The normalized spacial score (nSPS) is 26.9. The van der Waals surface area contributed by atoms with Gasteiger partial charge in [0.15, 0.2) is 0 Å². The predicted molar refractivity (Wildman–Crippen MR) is 73.8 cm³/mol. The van der Waals surface area contributed by atoms with Crippen molar-refractivity contribution in [2.24, 2.45) is 5.92 Å². The SMILES string of the molecule is CCC1CCC(O)(CNC(=O)c2ccncc2)CC1. The van der Waals surface area contributed by atoms with Gasteiger partial charge in [-0.2, -0.15) is 0 Å². The summed E-state index contributed by atoms with van der Waals surface area (Å²) in [6.07, 6.45) is 8.03. The maximum atomic E-state index is 11.9. The molecule has 1 saturated carbocycles. The molecular formula is C15H22N2O2. The van der Waals surface area contributed by atoms with Gasteiger partial charge in [0.2, 0.25) is 0 Å². The van der Waals surface area contributed by atoms with Crippen LogP contribution in [0.5, 0.6) is 0 Å². The summed E-state index contributed by atoms with van der Waals surface area (Å²) in [4.78, 5) is 15.8. The Morgan fingerprint density at radius 2 is 2.05 bits per heavy atom. The van der Waals surface area contributed by atoms with Crippen LogP contribution in [0.2, 0.25) is 0 Å². The van der Waals surface area contributed by atoms with E-state index in [0.29, 0.717) is 12.1 Å². The zero-order valence-corrected chi connectivity index (χ0v) is 11.4. The summed E-state index contributed by atoms with van der Waals surface area (Å²) < 4.78 is 0. The van der Waals surface area contributed by atoms with Gasteiger partial charge in [-0.05, 0) is 43.7 Å². The van der Waals surface area contributed by atoms with Crippen LogP contribution >= 0.6 is 0 Å². The molecular weight excluding hydrogens is 240 g/mol. The van der Waals surface area contributed by atoms with Crippen molar-refractivity contribution < 1.29 is 9.90 Å². The summed E-state index contributed by atoms with van der Waals surface area (Å²) in [7, 11) is 0. The van der Waals surface area contributed by atoms with Crippen LogP contribution in [0.3, 0.4) is 0 Å². The minimum Gasteiger partial charge on any atom is -0.388 e. The Labute approximate surface area is 114 Å². The van der Waals surface area contributed by atoms with E-state index in [9.17, 15) is 9.90 Å². The van der Waals surface area contributed by atoms with Crippen LogP contribution in [0.4, 0.5) is 0 Å². The Morgan fingerprint density at radius 1 is 1.42 bits per heavy atom. The van der Waals surface area contributed by atoms with Gasteiger partial charge in [-0.15, -0.1) is 0 Å². The minimum atomic E-state index is -0.728. The number of aliphatic hydroxyl groups is 1. The molecule has 0 bridgehead atoms. The number of carbonyl (C=O) groups excluding carboxylic acids is 1. The average Bonchev–Trinajstić information content (AvgIpc) is 2.47. The number of pyridine rings is 1. The number of rotatable bonds is 4. The molecule has 1 amide bonds. The topological polar surface area (TPSA) is 62.2 Å². The van der Waals surface area contributed by atoms with Gasteiger partial charge in [0.05, 0.1) is 5.60 Å². The molecule has 2 N–H and O–H groups in total. The van der Waals surface area contributed by atoms with E-state index in [-0.39, 0.29) is 5.91 Å². The van der Waals surface area contributed by atoms with Crippen molar-refractivity contribution in [2.45, 2.75) is 44.6 Å². The maximum Gasteiger partial charge on any atom is 0.251 e. The van der Waals surface area contributed by atoms with Crippen molar-refractivity contribution in [1.82, 2.24) is 10.3 Å².